The number of nitrogen functional groups attached to an aromatic ring is 2. The van der Waals surface area contributed by atoms with Crippen molar-refractivity contribution >= 4 is 11.6 Å². The lowest BCUT2D eigenvalue weighted by Crippen LogP contribution is -2.30. The Bertz CT molecular complexity index is 454. The number of benzene rings is 1. The Kier molecular flexibility index (Phi) is 3.44. The number of carbonyl (C=O) groups is 1. The normalized spacial score (nSPS) is 19.0. The van der Waals surface area contributed by atoms with Crippen molar-refractivity contribution in [2.45, 2.75) is 25.2 Å². The van der Waals surface area contributed by atoms with Crippen LogP contribution in [0.15, 0.2) is 30.4 Å². The van der Waals surface area contributed by atoms with Crippen molar-refractivity contribution in [2.24, 2.45) is 5.84 Å². The Morgan fingerprint density at radius 2 is 2.24 bits per heavy atom. The molecule has 5 N–H and O–H groups in total. The highest BCUT2D eigenvalue weighted by atomic mass is 16.2. The van der Waals surface area contributed by atoms with E-state index in [9.17, 15) is 4.79 Å². The summed E-state index contributed by atoms with van der Waals surface area (Å²) in [6, 6.07) is 5.57. The molecule has 1 unspecified atom stereocenters. The topological polar surface area (TPSA) is 81.1 Å². The number of nitrogens with two attached hydrogens (primary N) is 2. The second-order valence-electron chi connectivity index (χ2n) is 4.29. The first-order chi connectivity index (χ1) is 8.22. The molecule has 1 aromatic rings. The maximum atomic E-state index is 11.5. The molecular weight excluding hydrogens is 214 g/mol. The van der Waals surface area contributed by atoms with Crippen LogP contribution in [0.25, 0.3) is 0 Å². The van der Waals surface area contributed by atoms with Gasteiger partial charge in [-0.25, -0.2) is 5.84 Å². The van der Waals surface area contributed by atoms with Crippen molar-refractivity contribution < 1.29 is 4.79 Å². The van der Waals surface area contributed by atoms with Gasteiger partial charge < -0.3 is 5.73 Å². The molecule has 90 valence electrons. The van der Waals surface area contributed by atoms with E-state index < -0.39 is 0 Å². The van der Waals surface area contributed by atoms with E-state index in [1.807, 2.05) is 12.1 Å². The average molecular weight is 231 g/mol. The number of hydrazine groups is 1. The number of rotatable bonds is 2. The van der Waals surface area contributed by atoms with Crippen LogP contribution >= 0.6 is 0 Å². The molecule has 17 heavy (non-hydrogen) atoms. The second kappa shape index (κ2) is 5.01. The Labute approximate surface area is 101 Å². The van der Waals surface area contributed by atoms with Gasteiger partial charge in [-0.15, -0.1) is 0 Å². The van der Waals surface area contributed by atoms with E-state index in [0.717, 1.165) is 18.4 Å². The van der Waals surface area contributed by atoms with E-state index in [1.54, 1.807) is 6.07 Å². The number of anilines is 1. The molecule has 0 saturated heterocycles. The van der Waals surface area contributed by atoms with Gasteiger partial charge in [-0.2, -0.15) is 0 Å². The smallest absolute Gasteiger partial charge is 0.267 e. The third kappa shape index (κ3) is 2.47. The minimum Gasteiger partial charge on any atom is -0.398 e. The summed E-state index contributed by atoms with van der Waals surface area (Å²) in [6.07, 6.45) is 7.82. The molecule has 1 aliphatic rings. The SMILES string of the molecule is NNC(=O)c1cc(C2C=CCCC2)ccc1N. The van der Waals surface area contributed by atoms with Crippen LogP contribution in [0.4, 0.5) is 5.69 Å². The van der Waals surface area contributed by atoms with Crippen molar-refractivity contribution in [1.82, 2.24) is 5.43 Å². The van der Waals surface area contributed by atoms with E-state index in [2.05, 4.69) is 17.6 Å². The van der Waals surface area contributed by atoms with Crippen molar-refractivity contribution in [3.8, 4) is 0 Å². The average Bonchev–Trinajstić information content (AvgIpc) is 2.39. The Hall–Kier alpha value is -1.81. The molecule has 0 fully saturated rings. The predicted molar refractivity (Wildman–Crippen MR) is 68.2 cm³/mol. The minimum absolute atomic E-state index is 0.343. The van der Waals surface area contributed by atoms with Crippen LogP contribution in [0.5, 0.6) is 0 Å². The first-order valence-corrected chi connectivity index (χ1v) is 5.79. The molecule has 0 aromatic heterocycles. The van der Waals surface area contributed by atoms with Gasteiger partial charge >= 0.3 is 0 Å². The Morgan fingerprint density at radius 1 is 1.41 bits per heavy atom. The molecular formula is C13H17N3O. The third-order valence-corrected chi connectivity index (χ3v) is 3.14. The molecule has 4 heteroatoms. The summed E-state index contributed by atoms with van der Waals surface area (Å²) in [4.78, 5) is 11.5. The molecule has 1 amide bonds. The van der Waals surface area contributed by atoms with Crippen LogP contribution in [0.3, 0.4) is 0 Å². The molecule has 0 spiro atoms. The first-order valence-electron chi connectivity index (χ1n) is 5.79. The molecule has 1 aromatic carbocycles. The summed E-state index contributed by atoms with van der Waals surface area (Å²) < 4.78 is 0. The Morgan fingerprint density at radius 3 is 2.88 bits per heavy atom. The highest BCUT2D eigenvalue weighted by molar-refractivity contribution is 5.98. The highest BCUT2D eigenvalue weighted by Crippen LogP contribution is 2.29. The van der Waals surface area contributed by atoms with Crippen molar-refractivity contribution in [2.75, 3.05) is 5.73 Å². The van der Waals surface area contributed by atoms with Gasteiger partial charge in [0.25, 0.3) is 5.91 Å². The number of nitrogens with one attached hydrogen (secondary N) is 1. The molecule has 2 rings (SSSR count). The number of hydrogen-bond donors (Lipinski definition) is 3. The van der Waals surface area contributed by atoms with E-state index in [1.165, 1.54) is 6.42 Å². The molecule has 0 aliphatic heterocycles. The maximum absolute atomic E-state index is 11.5. The maximum Gasteiger partial charge on any atom is 0.267 e. The lowest BCUT2D eigenvalue weighted by atomic mass is 9.88. The zero-order chi connectivity index (χ0) is 12.3. The van der Waals surface area contributed by atoms with Gasteiger partial charge in [-0.05, 0) is 37.0 Å². The minimum atomic E-state index is -0.343. The molecule has 1 atom stereocenters. The standard InChI is InChI=1S/C13H17N3O/c14-12-7-6-10(8-11(12)13(17)16-15)9-4-2-1-3-5-9/h2,4,6-9H,1,3,5,14-15H2,(H,16,17). The summed E-state index contributed by atoms with van der Waals surface area (Å²) in [7, 11) is 0. The van der Waals surface area contributed by atoms with Gasteiger partial charge in [0, 0.05) is 11.6 Å². The summed E-state index contributed by atoms with van der Waals surface area (Å²) in [5, 5.41) is 0. The van der Waals surface area contributed by atoms with Crippen molar-refractivity contribution in [3.05, 3.63) is 41.5 Å². The van der Waals surface area contributed by atoms with Crippen LogP contribution in [-0.4, -0.2) is 5.91 Å². The number of amides is 1. The van der Waals surface area contributed by atoms with Crippen LogP contribution < -0.4 is 17.0 Å². The summed E-state index contributed by atoms with van der Waals surface area (Å²) >= 11 is 0. The van der Waals surface area contributed by atoms with Crippen LogP contribution in [0.2, 0.25) is 0 Å². The summed E-state index contributed by atoms with van der Waals surface area (Å²) in [5.41, 5.74) is 9.90. The zero-order valence-electron chi connectivity index (χ0n) is 9.65. The molecule has 0 saturated carbocycles. The predicted octanol–water partition coefficient (Wildman–Crippen LogP) is 1.70. The van der Waals surface area contributed by atoms with E-state index in [4.69, 9.17) is 11.6 Å². The lowest BCUT2D eigenvalue weighted by Gasteiger charge is -2.18. The third-order valence-electron chi connectivity index (χ3n) is 3.14. The fourth-order valence-corrected chi connectivity index (χ4v) is 2.17. The van der Waals surface area contributed by atoms with Gasteiger partial charge in [-0.3, -0.25) is 10.2 Å². The van der Waals surface area contributed by atoms with Gasteiger partial charge in [0.1, 0.15) is 0 Å². The van der Waals surface area contributed by atoms with Gasteiger partial charge in [0.2, 0.25) is 0 Å². The van der Waals surface area contributed by atoms with Crippen LogP contribution in [-0.2, 0) is 0 Å². The summed E-state index contributed by atoms with van der Waals surface area (Å²) in [6.45, 7) is 0. The van der Waals surface area contributed by atoms with E-state index in [0.29, 0.717) is 17.2 Å². The van der Waals surface area contributed by atoms with E-state index in [-0.39, 0.29) is 5.91 Å². The number of hydrogen-bond acceptors (Lipinski definition) is 3. The highest BCUT2D eigenvalue weighted by Gasteiger charge is 2.15. The van der Waals surface area contributed by atoms with Crippen molar-refractivity contribution in [1.29, 1.82) is 0 Å². The number of carbonyl (C=O) groups excluding carboxylic acids is 1. The fourth-order valence-electron chi connectivity index (χ4n) is 2.17. The first kappa shape index (κ1) is 11.7. The molecule has 0 radical (unpaired) electrons. The Balaban J connectivity index is 2.33. The molecule has 0 heterocycles. The van der Waals surface area contributed by atoms with Gasteiger partial charge in [-0.1, -0.05) is 18.2 Å². The second-order valence-corrected chi connectivity index (χ2v) is 4.29. The van der Waals surface area contributed by atoms with Gasteiger partial charge in [0.05, 0.1) is 5.56 Å². The largest absolute Gasteiger partial charge is 0.398 e. The molecule has 0 bridgehead atoms. The monoisotopic (exact) mass is 231 g/mol. The lowest BCUT2D eigenvalue weighted by molar-refractivity contribution is 0.0954. The quantitative estimate of drug-likeness (QED) is 0.238. The van der Waals surface area contributed by atoms with Crippen LogP contribution in [0, 0.1) is 0 Å². The van der Waals surface area contributed by atoms with Crippen molar-refractivity contribution in [3.63, 3.8) is 0 Å². The van der Waals surface area contributed by atoms with Crippen LogP contribution in [0.1, 0.15) is 41.1 Å². The van der Waals surface area contributed by atoms with E-state index >= 15 is 0 Å². The number of allylic oxidation sites excluding steroid dienone is 2. The molecule has 4 nitrogen and oxygen atoms in total. The molecule has 1 aliphatic carbocycles. The summed E-state index contributed by atoms with van der Waals surface area (Å²) in [5.74, 6) is 5.17. The zero-order valence-corrected chi connectivity index (χ0v) is 9.65. The fraction of sp³-hybridized carbons (Fsp3) is 0.308. The van der Waals surface area contributed by atoms with Gasteiger partial charge in [0.15, 0.2) is 0 Å².